The lowest BCUT2D eigenvalue weighted by Gasteiger charge is -2.47. The molecule has 6 rings (SSSR count). The largest absolute Gasteiger partial charge is 0.368 e. The second-order valence-electron chi connectivity index (χ2n) is 8.62. The molecule has 0 spiro atoms. The van der Waals surface area contributed by atoms with Crippen LogP contribution >= 0.6 is 11.6 Å². The van der Waals surface area contributed by atoms with E-state index in [0.29, 0.717) is 35.2 Å². The lowest BCUT2D eigenvalue weighted by atomic mass is 9.89. The maximum atomic E-state index is 13.6. The number of fused-ring (bicyclic) bond motifs is 2. The Balaban J connectivity index is 1.60. The first-order valence-corrected chi connectivity index (χ1v) is 12.8. The fourth-order valence-electron chi connectivity index (χ4n) is 4.89. The van der Waals surface area contributed by atoms with Crippen molar-refractivity contribution in [2.75, 3.05) is 22.9 Å². The first-order valence-electron chi connectivity index (χ1n) is 10.8. The predicted octanol–water partition coefficient (Wildman–Crippen LogP) is 2.04. The van der Waals surface area contributed by atoms with Crippen LogP contribution < -0.4 is 16.2 Å². The van der Waals surface area contributed by atoms with Crippen LogP contribution in [-0.2, 0) is 16.3 Å². The van der Waals surface area contributed by atoms with Crippen LogP contribution in [0, 0.1) is 5.92 Å². The van der Waals surface area contributed by atoms with Crippen molar-refractivity contribution in [2.24, 2.45) is 5.92 Å². The fraction of sp³-hybridized carbons (Fsp3) is 0.273. The van der Waals surface area contributed by atoms with E-state index in [1.807, 2.05) is 42.2 Å². The number of nitrogens with zero attached hydrogens (tertiary/aromatic N) is 6. The van der Waals surface area contributed by atoms with E-state index in [-0.39, 0.29) is 39.4 Å². The normalized spacial score (nSPS) is 20.9. The third kappa shape index (κ3) is 2.96. The van der Waals surface area contributed by atoms with Gasteiger partial charge in [0.05, 0.1) is 28.2 Å². The maximum absolute atomic E-state index is 13.6. The zero-order valence-electron chi connectivity index (χ0n) is 18.1. The van der Waals surface area contributed by atoms with E-state index < -0.39 is 15.9 Å². The molecular formula is C22H20ClN7O3S. The minimum atomic E-state index is -3.53. The standard InChI is InChI=1S/C22H20ClN7O3S/c1-12-11-28(20-18-15(25-22(24)26-20)8-10-34(18,32)33)16(12)19-27-29-9-7-14(23)17(29)21(31)30(19)13-5-3-2-4-6-13/h2-7,9,12,16H,8,10-11H2,1H3,(H2,24,25,26)/t12-,16-/m0/s1. The lowest BCUT2D eigenvalue weighted by Crippen LogP contribution is -2.52. The molecule has 0 radical (unpaired) electrons. The van der Waals surface area contributed by atoms with Crippen molar-refractivity contribution in [3.05, 3.63) is 69.5 Å². The highest BCUT2D eigenvalue weighted by molar-refractivity contribution is 7.91. The molecule has 0 bridgehead atoms. The van der Waals surface area contributed by atoms with Gasteiger partial charge in [0.25, 0.3) is 5.56 Å². The van der Waals surface area contributed by atoms with Crippen molar-refractivity contribution in [1.29, 1.82) is 0 Å². The minimum absolute atomic E-state index is 0.0187. The van der Waals surface area contributed by atoms with Gasteiger partial charge in [0.1, 0.15) is 10.4 Å². The molecule has 1 fully saturated rings. The van der Waals surface area contributed by atoms with Gasteiger partial charge in [-0.1, -0.05) is 36.7 Å². The third-order valence-corrected chi connectivity index (χ3v) is 8.51. The Morgan fingerprint density at radius 1 is 1.15 bits per heavy atom. The molecule has 2 N–H and O–H groups in total. The molecule has 0 unspecified atom stereocenters. The van der Waals surface area contributed by atoms with Crippen LogP contribution in [0.15, 0.2) is 52.3 Å². The zero-order valence-corrected chi connectivity index (χ0v) is 19.7. The van der Waals surface area contributed by atoms with Gasteiger partial charge in [0.2, 0.25) is 5.95 Å². The van der Waals surface area contributed by atoms with E-state index in [0.717, 1.165) is 0 Å². The van der Waals surface area contributed by atoms with Crippen LogP contribution in [0.1, 0.15) is 24.5 Å². The van der Waals surface area contributed by atoms with E-state index in [1.54, 1.807) is 12.3 Å². The summed E-state index contributed by atoms with van der Waals surface area (Å²) in [6.45, 7) is 2.55. The Morgan fingerprint density at radius 2 is 1.91 bits per heavy atom. The molecule has 0 aliphatic carbocycles. The molecule has 2 aliphatic heterocycles. The summed E-state index contributed by atoms with van der Waals surface area (Å²) in [7, 11) is -3.53. The molecule has 3 aromatic heterocycles. The van der Waals surface area contributed by atoms with Gasteiger partial charge in [-0.3, -0.25) is 9.36 Å². The summed E-state index contributed by atoms with van der Waals surface area (Å²) < 4.78 is 28.7. The highest BCUT2D eigenvalue weighted by Gasteiger charge is 2.45. The van der Waals surface area contributed by atoms with Crippen molar-refractivity contribution in [3.63, 3.8) is 0 Å². The first-order chi connectivity index (χ1) is 16.3. The predicted molar refractivity (Wildman–Crippen MR) is 127 cm³/mol. The van der Waals surface area contributed by atoms with Gasteiger partial charge in [-0.15, -0.1) is 0 Å². The summed E-state index contributed by atoms with van der Waals surface area (Å²) in [5.74, 6) is 0.771. The number of benzene rings is 1. The highest BCUT2D eigenvalue weighted by atomic mass is 35.5. The molecule has 0 amide bonds. The molecule has 34 heavy (non-hydrogen) atoms. The molecule has 0 saturated carbocycles. The van der Waals surface area contributed by atoms with E-state index in [2.05, 4.69) is 9.97 Å². The van der Waals surface area contributed by atoms with Crippen molar-refractivity contribution < 1.29 is 8.42 Å². The number of nitrogen functional groups attached to an aromatic ring is 1. The number of nitrogens with two attached hydrogens (primary N) is 1. The van der Waals surface area contributed by atoms with Crippen molar-refractivity contribution >= 4 is 38.7 Å². The topological polar surface area (TPSA) is 128 Å². The second-order valence-corrected chi connectivity index (χ2v) is 11.1. The van der Waals surface area contributed by atoms with Crippen LogP contribution in [0.5, 0.6) is 0 Å². The summed E-state index contributed by atoms with van der Waals surface area (Å²) in [6.07, 6.45) is 1.93. The van der Waals surface area contributed by atoms with E-state index in [4.69, 9.17) is 22.4 Å². The average molecular weight is 498 g/mol. The number of aromatic nitrogens is 5. The molecular weight excluding hydrogens is 478 g/mol. The van der Waals surface area contributed by atoms with Gasteiger partial charge in [0.15, 0.2) is 21.5 Å². The quantitative estimate of drug-likeness (QED) is 0.455. The number of hydrogen-bond acceptors (Lipinski definition) is 8. The van der Waals surface area contributed by atoms with Crippen LogP contribution in [0.4, 0.5) is 11.8 Å². The van der Waals surface area contributed by atoms with Crippen molar-refractivity contribution in [3.8, 4) is 5.69 Å². The summed E-state index contributed by atoms with van der Waals surface area (Å²) in [5.41, 5.74) is 6.96. The minimum Gasteiger partial charge on any atom is -0.368 e. The molecule has 10 nitrogen and oxygen atoms in total. The summed E-state index contributed by atoms with van der Waals surface area (Å²) in [6, 6.07) is 10.4. The monoisotopic (exact) mass is 497 g/mol. The number of para-hydroxylation sites is 1. The molecule has 2 atom stereocenters. The number of rotatable bonds is 3. The summed E-state index contributed by atoms with van der Waals surface area (Å²) in [4.78, 5) is 24.1. The van der Waals surface area contributed by atoms with Crippen LogP contribution in [0.2, 0.25) is 5.02 Å². The Labute approximate surface area is 199 Å². The number of hydrogen-bond donors (Lipinski definition) is 1. The van der Waals surface area contributed by atoms with Gasteiger partial charge >= 0.3 is 0 Å². The van der Waals surface area contributed by atoms with E-state index >= 15 is 0 Å². The Morgan fingerprint density at radius 3 is 2.65 bits per heavy atom. The molecule has 2 aliphatic rings. The highest BCUT2D eigenvalue weighted by Crippen LogP contribution is 2.45. The zero-order chi connectivity index (χ0) is 23.8. The Kier molecular flexibility index (Phi) is 4.52. The van der Waals surface area contributed by atoms with Gasteiger partial charge < -0.3 is 10.6 Å². The van der Waals surface area contributed by atoms with E-state index in [1.165, 1.54) is 9.08 Å². The van der Waals surface area contributed by atoms with Gasteiger partial charge in [-0.25, -0.2) is 17.9 Å². The molecule has 5 heterocycles. The number of halogens is 1. The fourth-order valence-corrected chi connectivity index (χ4v) is 6.73. The maximum Gasteiger partial charge on any atom is 0.284 e. The molecule has 1 saturated heterocycles. The summed E-state index contributed by atoms with van der Waals surface area (Å²) in [5, 5.41) is 5.07. The van der Waals surface area contributed by atoms with Crippen LogP contribution in [-0.4, -0.2) is 44.9 Å². The van der Waals surface area contributed by atoms with Crippen LogP contribution in [0.3, 0.4) is 0 Å². The molecule has 1 aromatic carbocycles. The van der Waals surface area contributed by atoms with Crippen molar-refractivity contribution in [2.45, 2.75) is 24.3 Å². The lowest BCUT2D eigenvalue weighted by molar-refractivity contribution is 0.298. The summed E-state index contributed by atoms with van der Waals surface area (Å²) >= 11 is 6.30. The van der Waals surface area contributed by atoms with Gasteiger partial charge in [-0.05, 0) is 18.2 Å². The average Bonchev–Trinajstić information content (AvgIpc) is 3.31. The van der Waals surface area contributed by atoms with Crippen molar-refractivity contribution in [1.82, 2.24) is 24.1 Å². The van der Waals surface area contributed by atoms with Gasteiger partial charge in [-0.2, -0.15) is 10.1 Å². The smallest absolute Gasteiger partial charge is 0.284 e. The van der Waals surface area contributed by atoms with E-state index in [9.17, 15) is 13.2 Å². The second kappa shape index (κ2) is 7.28. The molecule has 174 valence electrons. The van der Waals surface area contributed by atoms with Crippen LogP contribution in [0.25, 0.3) is 11.2 Å². The Bertz CT molecular complexity index is 1630. The Hall–Kier alpha value is -3.44. The number of aryl methyl sites for hydroxylation is 1. The first kappa shape index (κ1) is 21.1. The third-order valence-electron chi connectivity index (χ3n) is 6.43. The SMILES string of the molecule is C[C@H]1CN(c2nc(N)nc3c2S(=O)(=O)CC3)[C@@H]1c1nn2ccc(Cl)c2c(=O)n1-c1ccccc1. The number of sulfone groups is 1. The number of anilines is 2. The van der Waals surface area contributed by atoms with Gasteiger partial charge in [0, 0.05) is 25.1 Å². The molecule has 4 aromatic rings. The molecule has 12 heteroatoms.